The molecule has 0 bridgehead atoms. The van der Waals surface area contributed by atoms with E-state index < -0.39 is 10.0 Å². The molecule has 164 valence electrons. The van der Waals surface area contributed by atoms with Crippen molar-refractivity contribution in [3.05, 3.63) is 60.1 Å². The summed E-state index contributed by atoms with van der Waals surface area (Å²) < 4.78 is 32.3. The number of carbonyl (C=O) groups excluding carboxylic acids is 1. The van der Waals surface area contributed by atoms with Crippen LogP contribution in [0, 0.1) is 5.92 Å². The Morgan fingerprint density at radius 2 is 2.03 bits per heavy atom. The van der Waals surface area contributed by atoms with Gasteiger partial charge in [0.25, 0.3) is 0 Å². The Hall–Kier alpha value is -1.77. The number of sulfonamides is 1. The molecule has 1 aromatic carbocycles. The fourth-order valence-electron chi connectivity index (χ4n) is 3.60. The SMILES string of the molecule is O=C(NCCSCc1ccco1)[C@@H]1CCCN(S(=O)(=O)CCCc2ccccc2)C1. The average molecular weight is 451 g/mol. The van der Waals surface area contributed by atoms with Gasteiger partial charge < -0.3 is 9.73 Å². The molecule has 1 saturated heterocycles. The van der Waals surface area contributed by atoms with E-state index in [1.54, 1.807) is 18.0 Å². The molecule has 8 heteroatoms. The molecule has 1 fully saturated rings. The van der Waals surface area contributed by atoms with Crippen molar-refractivity contribution in [3.8, 4) is 0 Å². The van der Waals surface area contributed by atoms with Crippen molar-refractivity contribution < 1.29 is 17.6 Å². The van der Waals surface area contributed by atoms with E-state index in [0.717, 1.165) is 42.1 Å². The Balaban J connectivity index is 1.38. The van der Waals surface area contributed by atoms with E-state index in [1.807, 2.05) is 42.5 Å². The number of amides is 1. The Morgan fingerprint density at radius 1 is 1.20 bits per heavy atom. The summed E-state index contributed by atoms with van der Waals surface area (Å²) >= 11 is 1.70. The van der Waals surface area contributed by atoms with E-state index >= 15 is 0 Å². The molecule has 1 atom stereocenters. The van der Waals surface area contributed by atoms with Crippen LogP contribution in [0.2, 0.25) is 0 Å². The van der Waals surface area contributed by atoms with Crippen molar-refractivity contribution in [3.63, 3.8) is 0 Å². The molecule has 2 aromatic rings. The summed E-state index contributed by atoms with van der Waals surface area (Å²) in [4.78, 5) is 12.5. The number of rotatable bonds is 11. The first-order valence-corrected chi connectivity index (χ1v) is 13.2. The second kappa shape index (κ2) is 11.6. The van der Waals surface area contributed by atoms with E-state index in [9.17, 15) is 13.2 Å². The monoisotopic (exact) mass is 450 g/mol. The van der Waals surface area contributed by atoms with Gasteiger partial charge in [-0.05, 0) is 43.4 Å². The molecule has 30 heavy (non-hydrogen) atoms. The number of hydrogen-bond donors (Lipinski definition) is 1. The summed E-state index contributed by atoms with van der Waals surface area (Å²) in [6.07, 6.45) is 4.45. The molecule has 0 saturated carbocycles. The highest BCUT2D eigenvalue weighted by Gasteiger charge is 2.31. The summed E-state index contributed by atoms with van der Waals surface area (Å²) in [7, 11) is -3.34. The Labute approximate surface area is 183 Å². The van der Waals surface area contributed by atoms with Gasteiger partial charge in [-0.3, -0.25) is 4.79 Å². The quantitative estimate of drug-likeness (QED) is 0.532. The first kappa shape index (κ1) is 22.9. The summed E-state index contributed by atoms with van der Waals surface area (Å²) in [6.45, 7) is 1.38. The van der Waals surface area contributed by atoms with E-state index in [2.05, 4.69) is 5.32 Å². The number of hydrogen-bond acceptors (Lipinski definition) is 5. The van der Waals surface area contributed by atoms with Crippen LogP contribution in [-0.2, 0) is 27.0 Å². The summed E-state index contributed by atoms with van der Waals surface area (Å²) in [5, 5.41) is 2.96. The van der Waals surface area contributed by atoms with E-state index in [4.69, 9.17) is 4.42 Å². The van der Waals surface area contributed by atoms with Gasteiger partial charge in [-0.2, -0.15) is 11.8 Å². The molecular weight excluding hydrogens is 420 g/mol. The molecule has 1 amide bonds. The first-order chi connectivity index (χ1) is 14.5. The lowest BCUT2D eigenvalue weighted by Gasteiger charge is -2.31. The summed E-state index contributed by atoms with van der Waals surface area (Å²) in [6, 6.07) is 13.7. The maximum Gasteiger partial charge on any atom is 0.224 e. The van der Waals surface area contributed by atoms with Crippen LogP contribution >= 0.6 is 11.8 Å². The molecule has 1 aliphatic heterocycles. The molecular formula is C22H30N2O4S2. The molecule has 0 unspecified atom stereocenters. The van der Waals surface area contributed by atoms with Crippen molar-refractivity contribution in [2.45, 2.75) is 31.4 Å². The molecule has 1 aliphatic rings. The van der Waals surface area contributed by atoms with Crippen LogP contribution in [0.15, 0.2) is 53.1 Å². The molecule has 1 aromatic heterocycles. The van der Waals surface area contributed by atoms with Gasteiger partial charge >= 0.3 is 0 Å². The summed E-state index contributed by atoms with van der Waals surface area (Å²) in [5.41, 5.74) is 1.15. The smallest absolute Gasteiger partial charge is 0.224 e. The lowest BCUT2D eigenvalue weighted by atomic mass is 9.99. The molecule has 0 spiro atoms. The second-order valence-electron chi connectivity index (χ2n) is 7.53. The minimum absolute atomic E-state index is 0.0437. The molecule has 2 heterocycles. The Kier molecular flexibility index (Phi) is 8.84. The number of aryl methyl sites for hydroxylation is 1. The fourth-order valence-corrected chi connectivity index (χ4v) is 5.94. The molecule has 0 radical (unpaired) electrons. The third-order valence-electron chi connectivity index (χ3n) is 5.23. The lowest BCUT2D eigenvalue weighted by Crippen LogP contribution is -2.46. The van der Waals surface area contributed by atoms with Crippen LogP contribution < -0.4 is 5.32 Å². The van der Waals surface area contributed by atoms with Gasteiger partial charge in [-0.15, -0.1) is 0 Å². The second-order valence-corrected chi connectivity index (χ2v) is 10.7. The molecule has 0 aliphatic carbocycles. The normalized spacial score (nSPS) is 17.7. The van der Waals surface area contributed by atoms with E-state index in [-0.39, 0.29) is 17.6 Å². The van der Waals surface area contributed by atoms with Crippen LogP contribution in [0.4, 0.5) is 0 Å². The lowest BCUT2D eigenvalue weighted by molar-refractivity contribution is -0.125. The predicted molar refractivity (Wildman–Crippen MR) is 121 cm³/mol. The topological polar surface area (TPSA) is 79.6 Å². The fraction of sp³-hybridized carbons (Fsp3) is 0.500. The van der Waals surface area contributed by atoms with Gasteiger partial charge in [0.15, 0.2) is 0 Å². The highest BCUT2D eigenvalue weighted by Crippen LogP contribution is 2.20. The zero-order chi connectivity index (χ0) is 21.2. The maximum atomic E-state index is 12.7. The van der Waals surface area contributed by atoms with Gasteiger partial charge in [-0.1, -0.05) is 30.3 Å². The van der Waals surface area contributed by atoms with Gasteiger partial charge in [0.1, 0.15) is 5.76 Å². The number of furan rings is 1. The van der Waals surface area contributed by atoms with Crippen LogP contribution in [0.5, 0.6) is 0 Å². The minimum Gasteiger partial charge on any atom is -0.468 e. The standard InChI is InChI=1S/C22H30N2O4S2/c25-22(23-12-15-29-18-21-11-5-14-28-21)20-10-4-13-24(17-20)30(26,27)16-6-9-19-7-2-1-3-8-19/h1-3,5,7-8,11,14,20H,4,6,9-10,12-13,15-18H2,(H,23,25)/t20-/m1/s1. The van der Waals surface area contributed by atoms with Gasteiger partial charge in [0.05, 0.1) is 23.7 Å². The third-order valence-corrected chi connectivity index (χ3v) is 8.13. The molecule has 6 nitrogen and oxygen atoms in total. The Bertz CT molecular complexity index is 870. The highest BCUT2D eigenvalue weighted by molar-refractivity contribution is 7.98. The van der Waals surface area contributed by atoms with Gasteiger partial charge in [0, 0.05) is 25.4 Å². The number of nitrogens with one attached hydrogen (secondary N) is 1. The van der Waals surface area contributed by atoms with Gasteiger partial charge in [-0.25, -0.2) is 12.7 Å². The zero-order valence-electron chi connectivity index (χ0n) is 17.2. The number of nitrogens with zero attached hydrogens (tertiary/aromatic N) is 1. The van der Waals surface area contributed by atoms with Crippen molar-refractivity contribution >= 4 is 27.7 Å². The van der Waals surface area contributed by atoms with E-state index in [0.29, 0.717) is 26.1 Å². The number of thioether (sulfide) groups is 1. The van der Waals surface area contributed by atoms with Crippen LogP contribution in [0.25, 0.3) is 0 Å². The zero-order valence-corrected chi connectivity index (χ0v) is 18.8. The summed E-state index contributed by atoms with van der Waals surface area (Å²) in [5.74, 6) is 2.31. The first-order valence-electron chi connectivity index (χ1n) is 10.4. The Morgan fingerprint density at radius 3 is 2.80 bits per heavy atom. The number of carbonyl (C=O) groups is 1. The van der Waals surface area contributed by atoms with Crippen molar-refractivity contribution in [2.75, 3.05) is 31.1 Å². The van der Waals surface area contributed by atoms with E-state index in [1.165, 1.54) is 4.31 Å². The third kappa shape index (κ3) is 7.18. The van der Waals surface area contributed by atoms with Crippen LogP contribution in [0.1, 0.15) is 30.6 Å². The van der Waals surface area contributed by atoms with Gasteiger partial charge in [0.2, 0.25) is 15.9 Å². The number of piperidine rings is 1. The van der Waals surface area contributed by atoms with Crippen molar-refractivity contribution in [2.24, 2.45) is 5.92 Å². The number of benzene rings is 1. The largest absolute Gasteiger partial charge is 0.468 e. The van der Waals surface area contributed by atoms with Crippen LogP contribution in [0.3, 0.4) is 0 Å². The maximum absolute atomic E-state index is 12.7. The van der Waals surface area contributed by atoms with Crippen molar-refractivity contribution in [1.29, 1.82) is 0 Å². The predicted octanol–water partition coefficient (Wildman–Crippen LogP) is 3.30. The minimum atomic E-state index is -3.34. The molecule has 1 N–H and O–H groups in total. The van der Waals surface area contributed by atoms with Crippen LogP contribution in [-0.4, -0.2) is 49.8 Å². The average Bonchev–Trinajstić information content (AvgIpc) is 3.28. The highest BCUT2D eigenvalue weighted by atomic mass is 32.2. The van der Waals surface area contributed by atoms with Crippen molar-refractivity contribution in [1.82, 2.24) is 9.62 Å². The molecule has 3 rings (SSSR count).